The van der Waals surface area contributed by atoms with Crippen LogP contribution in [0.15, 0.2) is 28.7 Å². The lowest BCUT2D eigenvalue weighted by molar-refractivity contribution is 0.200. The van der Waals surface area contributed by atoms with Crippen molar-refractivity contribution in [3.05, 3.63) is 30.0 Å². The van der Waals surface area contributed by atoms with Crippen LogP contribution in [0.25, 0.3) is 11.0 Å². The largest absolute Gasteiger partial charge is 0.488 e. The van der Waals surface area contributed by atoms with Gasteiger partial charge in [0.1, 0.15) is 11.7 Å². The summed E-state index contributed by atoms with van der Waals surface area (Å²) in [5, 5.41) is 9.77. The van der Waals surface area contributed by atoms with Gasteiger partial charge in [0.05, 0.1) is 17.7 Å². The first-order chi connectivity index (χ1) is 9.72. The zero-order valence-electron chi connectivity index (χ0n) is 11.6. The van der Waals surface area contributed by atoms with Gasteiger partial charge in [-0.2, -0.15) is 5.26 Å². The molecule has 0 bridgehead atoms. The highest BCUT2D eigenvalue weighted by Crippen LogP contribution is 2.34. The average molecular weight is 328 g/mol. The van der Waals surface area contributed by atoms with E-state index in [1.165, 1.54) is 0 Å². The van der Waals surface area contributed by atoms with Crippen LogP contribution < -0.4 is 4.74 Å². The van der Waals surface area contributed by atoms with Gasteiger partial charge in [-0.05, 0) is 12.1 Å². The molecule has 2 rings (SSSR count). The van der Waals surface area contributed by atoms with Crippen LogP contribution in [-0.2, 0) is 9.05 Å². The van der Waals surface area contributed by atoms with Crippen LogP contribution in [0.2, 0.25) is 0 Å². The fraction of sp³-hybridized carbons (Fsp3) is 0.357. The molecule has 0 aliphatic rings. The van der Waals surface area contributed by atoms with E-state index in [-0.39, 0.29) is 18.1 Å². The van der Waals surface area contributed by atoms with Crippen molar-refractivity contribution in [1.82, 2.24) is 0 Å². The summed E-state index contributed by atoms with van der Waals surface area (Å²) < 4.78 is 33.4. The summed E-state index contributed by atoms with van der Waals surface area (Å²) in [6.45, 7) is 3.54. The van der Waals surface area contributed by atoms with E-state index in [1.54, 1.807) is 38.1 Å². The number of nitrogens with zero attached hydrogens (tertiary/aromatic N) is 1. The van der Waals surface area contributed by atoms with Gasteiger partial charge in [0.2, 0.25) is 14.8 Å². The number of rotatable bonds is 5. The Bertz CT molecular complexity index is 802. The molecule has 1 heterocycles. The van der Waals surface area contributed by atoms with E-state index in [1.807, 2.05) is 6.07 Å². The Balaban J connectivity index is 2.26. The van der Waals surface area contributed by atoms with Gasteiger partial charge in [0.15, 0.2) is 5.75 Å². The monoisotopic (exact) mass is 327 g/mol. The Kier molecular flexibility index (Phi) is 4.17. The zero-order valence-corrected chi connectivity index (χ0v) is 13.2. The van der Waals surface area contributed by atoms with E-state index >= 15 is 0 Å². The van der Waals surface area contributed by atoms with Crippen molar-refractivity contribution in [2.75, 3.05) is 12.4 Å². The van der Waals surface area contributed by atoms with Crippen molar-refractivity contribution in [3.8, 4) is 11.8 Å². The van der Waals surface area contributed by atoms with E-state index in [0.717, 1.165) is 0 Å². The molecular formula is C14H14ClNO4S. The minimum absolute atomic E-state index is 0.0701. The maximum absolute atomic E-state index is 11.2. The van der Waals surface area contributed by atoms with Gasteiger partial charge in [-0.1, -0.05) is 26.0 Å². The molecule has 0 fully saturated rings. The molecule has 1 aromatic heterocycles. The summed E-state index contributed by atoms with van der Waals surface area (Å²) >= 11 is 0. The molecule has 7 heteroatoms. The Morgan fingerprint density at radius 2 is 2.05 bits per heavy atom. The zero-order chi connectivity index (χ0) is 15.7. The molecule has 0 saturated carbocycles. The molecule has 0 unspecified atom stereocenters. The normalized spacial score (nSPS) is 12.3. The van der Waals surface area contributed by atoms with Crippen molar-refractivity contribution in [2.24, 2.45) is 5.41 Å². The molecule has 112 valence electrons. The molecule has 0 atom stereocenters. The summed E-state index contributed by atoms with van der Waals surface area (Å²) in [5.74, 6) is 0.174. The predicted octanol–water partition coefficient (Wildman–Crippen LogP) is 3.28. The number of hydrogen-bond acceptors (Lipinski definition) is 5. The number of hydrogen-bond donors (Lipinski definition) is 0. The Labute approximate surface area is 127 Å². The first-order valence-corrected chi connectivity index (χ1v) is 8.66. The topological polar surface area (TPSA) is 80.3 Å². The standard InChI is InChI=1S/C14H14ClNO4S/c1-14(2,9-21(15,17)18)8-19-13-10-5-3-4-6-11(10)20-12(13)7-16/h3-6H,8-9H2,1-2H3. The molecule has 5 nitrogen and oxygen atoms in total. The number of para-hydroxylation sites is 1. The number of ether oxygens (including phenoxy) is 1. The molecule has 2 aromatic rings. The number of halogens is 1. The second-order valence-corrected chi connectivity index (χ2v) is 8.28. The smallest absolute Gasteiger partial charge is 0.246 e. The molecule has 0 aliphatic heterocycles. The van der Waals surface area contributed by atoms with Crippen LogP contribution >= 0.6 is 10.7 Å². The maximum atomic E-state index is 11.2. The SMILES string of the molecule is CC(C)(COc1c(C#N)oc2ccccc12)CS(=O)(=O)Cl. The van der Waals surface area contributed by atoms with Gasteiger partial charge in [-0.15, -0.1) is 0 Å². The lowest BCUT2D eigenvalue weighted by Crippen LogP contribution is -2.28. The second kappa shape index (κ2) is 5.58. The van der Waals surface area contributed by atoms with Crippen molar-refractivity contribution in [2.45, 2.75) is 13.8 Å². The van der Waals surface area contributed by atoms with Gasteiger partial charge < -0.3 is 9.15 Å². The first kappa shape index (κ1) is 15.7. The van der Waals surface area contributed by atoms with Gasteiger partial charge in [0, 0.05) is 16.1 Å². The third kappa shape index (κ3) is 3.90. The van der Waals surface area contributed by atoms with Crippen LogP contribution in [0.5, 0.6) is 5.75 Å². The number of nitriles is 1. The second-order valence-electron chi connectivity index (χ2n) is 5.50. The van der Waals surface area contributed by atoms with Crippen LogP contribution in [0, 0.1) is 16.7 Å². The lowest BCUT2D eigenvalue weighted by atomic mass is 9.98. The number of furan rings is 1. The van der Waals surface area contributed by atoms with Crippen LogP contribution in [0.1, 0.15) is 19.6 Å². The van der Waals surface area contributed by atoms with Gasteiger partial charge in [-0.25, -0.2) is 8.42 Å². The molecule has 1 aromatic carbocycles. The summed E-state index contributed by atoms with van der Waals surface area (Å²) in [5.41, 5.74) is -0.141. The van der Waals surface area contributed by atoms with E-state index in [4.69, 9.17) is 25.1 Å². The molecule has 0 radical (unpaired) electrons. The fourth-order valence-corrected chi connectivity index (χ4v) is 3.92. The quantitative estimate of drug-likeness (QED) is 0.787. The van der Waals surface area contributed by atoms with E-state index in [0.29, 0.717) is 16.7 Å². The molecule has 0 spiro atoms. The summed E-state index contributed by atoms with van der Waals surface area (Å²) in [4.78, 5) is 0. The highest BCUT2D eigenvalue weighted by Gasteiger charge is 2.27. The fourth-order valence-electron chi connectivity index (χ4n) is 2.01. The Morgan fingerprint density at radius 1 is 1.38 bits per heavy atom. The molecule has 0 N–H and O–H groups in total. The van der Waals surface area contributed by atoms with Gasteiger partial charge in [-0.3, -0.25) is 0 Å². The van der Waals surface area contributed by atoms with Crippen molar-refractivity contribution >= 4 is 30.7 Å². The van der Waals surface area contributed by atoms with Gasteiger partial charge >= 0.3 is 0 Å². The van der Waals surface area contributed by atoms with Gasteiger partial charge in [0.25, 0.3) is 0 Å². The highest BCUT2D eigenvalue weighted by molar-refractivity contribution is 8.13. The lowest BCUT2D eigenvalue weighted by Gasteiger charge is -2.22. The molecule has 0 aliphatic carbocycles. The number of benzene rings is 1. The minimum Gasteiger partial charge on any atom is -0.488 e. The maximum Gasteiger partial charge on any atom is 0.246 e. The molecule has 0 amide bonds. The summed E-state index contributed by atoms with van der Waals surface area (Å²) in [6.07, 6.45) is 0. The van der Waals surface area contributed by atoms with Crippen molar-refractivity contribution < 1.29 is 17.6 Å². The van der Waals surface area contributed by atoms with E-state index in [2.05, 4.69) is 0 Å². The van der Waals surface area contributed by atoms with Crippen molar-refractivity contribution in [3.63, 3.8) is 0 Å². The minimum atomic E-state index is -3.63. The third-order valence-electron chi connectivity index (χ3n) is 2.82. The average Bonchev–Trinajstić information content (AvgIpc) is 2.71. The summed E-state index contributed by atoms with van der Waals surface area (Å²) in [6, 6.07) is 9.04. The third-order valence-corrected chi connectivity index (χ3v) is 4.28. The van der Waals surface area contributed by atoms with Crippen molar-refractivity contribution in [1.29, 1.82) is 5.26 Å². The number of fused-ring (bicyclic) bond motifs is 1. The summed E-state index contributed by atoms with van der Waals surface area (Å²) in [7, 11) is 1.65. The molecular weight excluding hydrogens is 314 g/mol. The first-order valence-electron chi connectivity index (χ1n) is 6.19. The Hall–Kier alpha value is -1.71. The van der Waals surface area contributed by atoms with Crippen LogP contribution in [-0.4, -0.2) is 20.8 Å². The predicted molar refractivity (Wildman–Crippen MR) is 79.8 cm³/mol. The van der Waals surface area contributed by atoms with E-state index < -0.39 is 14.5 Å². The molecule has 0 saturated heterocycles. The Morgan fingerprint density at radius 3 is 2.67 bits per heavy atom. The van der Waals surface area contributed by atoms with Crippen LogP contribution in [0.4, 0.5) is 0 Å². The highest BCUT2D eigenvalue weighted by atomic mass is 35.7. The van der Waals surface area contributed by atoms with E-state index in [9.17, 15) is 8.42 Å². The van der Waals surface area contributed by atoms with Crippen LogP contribution in [0.3, 0.4) is 0 Å². The molecule has 21 heavy (non-hydrogen) atoms.